The van der Waals surface area contributed by atoms with Crippen molar-refractivity contribution >= 4 is 17.1 Å². The van der Waals surface area contributed by atoms with Crippen LogP contribution in [-0.4, -0.2) is 31.9 Å². The number of hydrogen-bond acceptors (Lipinski definition) is 3. The van der Waals surface area contributed by atoms with Crippen LogP contribution >= 0.6 is 0 Å². The molecule has 5 nitrogen and oxygen atoms in total. The molecule has 1 amide bonds. The fourth-order valence-corrected chi connectivity index (χ4v) is 4.63. The minimum absolute atomic E-state index is 0.0962. The van der Waals surface area contributed by atoms with Crippen molar-refractivity contribution in [2.75, 3.05) is 6.54 Å². The van der Waals surface area contributed by atoms with E-state index in [-0.39, 0.29) is 5.91 Å². The molecule has 1 fully saturated rings. The maximum atomic E-state index is 13.5. The lowest BCUT2D eigenvalue weighted by Crippen LogP contribution is -2.33. The van der Waals surface area contributed by atoms with Gasteiger partial charge in [0, 0.05) is 24.3 Å². The van der Waals surface area contributed by atoms with E-state index in [1.54, 1.807) is 0 Å². The van der Waals surface area contributed by atoms with Gasteiger partial charge in [0.05, 0.1) is 6.54 Å². The summed E-state index contributed by atoms with van der Waals surface area (Å²) in [4.78, 5) is 25.1. The van der Waals surface area contributed by atoms with Crippen LogP contribution in [-0.2, 0) is 6.54 Å². The molecule has 30 heavy (non-hydrogen) atoms. The highest BCUT2D eigenvalue weighted by molar-refractivity contribution is 5.95. The Labute approximate surface area is 179 Å². The minimum Gasteiger partial charge on any atom is -0.331 e. The monoisotopic (exact) mass is 404 g/mol. The molecule has 2 heterocycles. The van der Waals surface area contributed by atoms with Crippen LogP contribution in [0.4, 0.5) is 0 Å². The van der Waals surface area contributed by atoms with E-state index >= 15 is 0 Å². The summed E-state index contributed by atoms with van der Waals surface area (Å²) in [6.07, 6.45) is 8.70. The molecule has 0 aliphatic heterocycles. The van der Waals surface area contributed by atoms with Gasteiger partial charge in [-0.25, -0.2) is 9.97 Å². The molecular weight excluding hydrogens is 372 g/mol. The average molecular weight is 405 g/mol. The van der Waals surface area contributed by atoms with Crippen LogP contribution < -0.4 is 0 Å². The second-order valence-electron chi connectivity index (χ2n) is 8.58. The summed E-state index contributed by atoms with van der Waals surface area (Å²) in [6.45, 7) is 7.52. The van der Waals surface area contributed by atoms with Gasteiger partial charge in [-0.1, -0.05) is 43.9 Å². The largest absolute Gasteiger partial charge is 0.331 e. The molecule has 2 aromatic heterocycles. The second kappa shape index (κ2) is 8.99. The number of pyridine rings is 1. The molecule has 0 atom stereocenters. The molecule has 0 saturated heterocycles. The van der Waals surface area contributed by atoms with Crippen LogP contribution in [0.15, 0.2) is 36.5 Å². The van der Waals surface area contributed by atoms with Crippen LogP contribution in [0.3, 0.4) is 0 Å². The quantitative estimate of drug-likeness (QED) is 0.514. The number of hydrogen-bond donors (Lipinski definition) is 0. The van der Waals surface area contributed by atoms with Crippen molar-refractivity contribution in [2.24, 2.45) is 0 Å². The van der Waals surface area contributed by atoms with Gasteiger partial charge in [-0.3, -0.25) is 4.79 Å². The Balaban J connectivity index is 1.70. The van der Waals surface area contributed by atoms with E-state index < -0.39 is 0 Å². The van der Waals surface area contributed by atoms with Crippen LogP contribution in [0.25, 0.3) is 11.2 Å². The van der Waals surface area contributed by atoms with Crippen LogP contribution in [0.1, 0.15) is 78.8 Å². The Morgan fingerprint density at radius 1 is 1.20 bits per heavy atom. The molecule has 0 bridgehead atoms. The lowest BCUT2D eigenvalue weighted by atomic mass is 10.0. The average Bonchev–Trinajstić information content (AvgIpc) is 3.37. The van der Waals surface area contributed by atoms with E-state index in [1.165, 1.54) is 18.4 Å². The minimum atomic E-state index is 0.0962. The first-order valence-corrected chi connectivity index (χ1v) is 11.3. The third-order valence-corrected chi connectivity index (χ3v) is 6.23. The van der Waals surface area contributed by atoms with Gasteiger partial charge >= 0.3 is 0 Å². The van der Waals surface area contributed by atoms with Gasteiger partial charge in [-0.15, -0.1) is 0 Å². The van der Waals surface area contributed by atoms with Gasteiger partial charge in [0.25, 0.3) is 5.91 Å². The lowest BCUT2D eigenvalue weighted by molar-refractivity contribution is 0.0733. The van der Waals surface area contributed by atoms with Gasteiger partial charge < -0.3 is 9.47 Å². The van der Waals surface area contributed by atoms with Crippen LogP contribution in [0.5, 0.6) is 0 Å². The van der Waals surface area contributed by atoms with E-state index in [1.807, 2.05) is 42.3 Å². The second-order valence-corrected chi connectivity index (χ2v) is 8.58. The molecular formula is C25H32N4O. The van der Waals surface area contributed by atoms with Crippen molar-refractivity contribution in [1.29, 1.82) is 0 Å². The Bertz CT molecular complexity index is 1030. The SMILES string of the molecule is CCCCN(Cc1nc2cccnc2n1C1CCCC1)C(=O)c1ccc(C)cc1C. The normalized spacial score (nSPS) is 14.5. The summed E-state index contributed by atoms with van der Waals surface area (Å²) in [6, 6.07) is 10.5. The number of nitrogens with zero attached hydrogens (tertiary/aromatic N) is 4. The van der Waals surface area contributed by atoms with E-state index in [0.29, 0.717) is 12.6 Å². The van der Waals surface area contributed by atoms with Crippen LogP contribution in [0.2, 0.25) is 0 Å². The number of carbonyl (C=O) groups excluding carboxylic acids is 1. The Kier molecular flexibility index (Phi) is 6.16. The van der Waals surface area contributed by atoms with Gasteiger partial charge in [0.15, 0.2) is 5.65 Å². The Hall–Kier alpha value is -2.69. The summed E-state index contributed by atoms with van der Waals surface area (Å²) < 4.78 is 2.32. The zero-order valence-corrected chi connectivity index (χ0v) is 18.4. The smallest absolute Gasteiger partial charge is 0.254 e. The molecule has 1 aliphatic carbocycles. The molecule has 5 heteroatoms. The molecule has 4 rings (SSSR count). The number of rotatable bonds is 7. The molecule has 0 radical (unpaired) electrons. The van der Waals surface area contributed by atoms with Crippen molar-refractivity contribution in [3.05, 3.63) is 59.0 Å². The molecule has 3 aromatic rings. The maximum Gasteiger partial charge on any atom is 0.254 e. The molecule has 1 saturated carbocycles. The molecule has 1 aromatic carbocycles. The number of fused-ring (bicyclic) bond motifs is 1. The van der Waals surface area contributed by atoms with Crippen molar-refractivity contribution in [1.82, 2.24) is 19.4 Å². The summed E-state index contributed by atoms with van der Waals surface area (Å²) in [7, 11) is 0. The standard InChI is InChI=1S/C25H32N4O/c1-4-5-15-28(25(30)21-13-12-18(2)16-19(21)3)17-23-27-22-11-8-14-26-24(22)29(23)20-9-6-7-10-20/h8,11-14,16,20H,4-7,9-10,15,17H2,1-3H3. The third kappa shape index (κ3) is 4.11. The van der Waals surface area contributed by atoms with E-state index in [0.717, 1.165) is 60.3 Å². The highest BCUT2D eigenvalue weighted by atomic mass is 16.2. The van der Waals surface area contributed by atoms with Crippen molar-refractivity contribution in [2.45, 2.75) is 71.9 Å². The van der Waals surface area contributed by atoms with E-state index in [4.69, 9.17) is 4.98 Å². The number of imidazole rings is 1. The first-order chi connectivity index (χ1) is 14.6. The fraction of sp³-hybridized carbons (Fsp3) is 0.480. The number of benzene rings is 1. The Morgan fingerprint density at radius 2 is 2.00 bits per heavy atom. The first-order valence-electron chi connectivity index (χ1n) is 11.3. The topological polar surface area (TPSA) is 51.0 Å². The zero-order chi connectivity index (χ0) is 21.1. The first kappa shape index (κ1) is 20.6. The van der Waals surface area contributed by atoms with E-state index in [9.17, 15) is 4.79 Å². The molecule has 1 aliphatic rings. The maximum absolute atomic E-state index is 13.5. The number of carbonyl (C=O) groups is 1. The predicted octanol–water partition coefficient (Wildman–Crippen LogP) is 5.61. The Morgan fingerprint density at radius 3 is 2.73 bits per heavy atom. The third-order valence-electron chi connectivity index (χ3n) is 6.23. The van der Waals surface area contributed by atoms with Gasteiger partial charge in [0.2, 0.25) is 0 Å². The van der Waals surface area contributed by atoms with Gasteiger partial charge in [-0.2, -0.15) is 0 Å². The molecule has 0 spiro atoms. The highest BCUT2D eigenvalue weighted by Crippen LogP contribution is 2.33. The summed E-state index contributed by atoms with van der Waals surface area (Å²) in [5.74, 6) is 1.06. The number of aryl methyl sites for hydroxylation is 2. The van der Waals surface area contributed by atoms with Gasteiger partial charge in [0.1, 0.15) is 11.3 Å². The van der Waals surface area contributed by atoms with Crippen molar-refractivity contribution in [3.8, 4) is 0 Å². The lowest BCUT2D eigenvalue weighted by Gasteiger charge is -2.25. The summed E-state index contributed by atoms with van der Waals surface area (Å²) in [5.41, 5.74) is 4.88. The zero-order valence-electron chi connectivity index (χ0n) is 18.4. The van der Waals surface area contributed by atoms with E-state index in [2.05, 4.69) is 29.5 Å². The highest BCUT2D eigenvalue weighted by Gasteiger charge is 2.26. The van der Waals surface area contributed by atoms with Gasteiger partial charge in [-0.05, 0) is 56.9 Å². The number of unbranched alkanes of at least 4 members (excludes halogenated alkanes) is 1. The van der Waals surface area contributed by atoms with Crippen molar-refractivity contribution < 1.29 is 4.79 Å². The summed E-state index contributed by atoms with van der Waals surface area (Å²) >= 11 is 0. The fourth-order valence-electron chi connectivity index (χ4n) is 4.63. The molecule has 0 N–H and O–H groups in total. The summed E-state index contributed by atoms with van der Waals surface area (Å²) in [5, 5.41) is 0. The molecule has 0 unspecified atom stereocenters. The van der Waals surface area contributed by atoms with Crippen molar-refractivity contribution in [3.63, 3.8) is 0 Å². The number of aromatic nitrogens is 3. The predicted molar refractivity (Wildman–Crippen MR) is 121 cm³/mol. The van der Waals surface area contributed by atoms with Crippen LogP contribution in [0, 0.1) is 13.8 Å². The molecule has 158 valence electrons. The number of amides is 1.